The van der Waals surface area contributed by atoms with Crippen LogP contribution in [0.3, 0.4) is 0 Å². The van der Waals surface area contributed by atoms with Gasteiger partial charge in [-0.25, -0.2) is 0 Å². The molecule has 0 radical (unpaired) electrons. The normalized spacial score (nSPS) is 31.0. The van der Waals surface area contributed by atoms with Crippen molar-refractivity contribution in [3.05, 3.63) is 29.8 Å². The molecular formula is C20H28F2O. The molecule has 3 heteroatoms. The maximum Gasteiger partial charge on any atom is 0.387 e. The van der Waals surface area contributed by atoms with E-state index in [9.17, 15) is 8.78 Å². The Bertz CT molecular complexity index is 485. The number of rotatable bonds is 5. The zero-order valence-electron chi connectivity index (χ0n) is 14.0. The molecule has 4 atom stereocenters. The molecule has 3 rings (SSSR count). The maximum atomic E-state index is 12.2. The number of hydrogen-bond acceptors (Lipinski definition) is 1. The second-order valence-corrected chi connectivity index (χ2v) is 7.45. The maximum absolute atomic E-state index is 12.2. The van der Waals surface area contributed by atoms with Gasteiger partial charge >= 0.3 is 6.61 Å². The smallest absolute Gasteiger partial charge is 0.387 e. The fourth-order valence-electron chi connectivity index (χ4n) is 4.88. The van der Waals surface area contributed by atoms with Gasteiger partial charge in [-0.1, -0.05) is 38.3 Å². The number of hydrogen-bond donors (Lipinski definition) is 0. The summed E-state index contributed by atoms with van der Waals surface area (Å²) in [6, 6.07) is 7.33. The van der Waals surface area contributed by atoms with Gasteiger partial charge in [-0.05, 0) is 73.5 Å². The summed E-state index contributed by atoms with van der Waals surface area (Å²) in [5.41, 5.74) is 1.29. The zero-order chi connectivity index (χ0) is 16.2. The Balaban J connectivity index is 1.57. The van der Waals surface area contributed by atoms with Crippen LogP contribution in [0.4, 0.5) is 8.78 Å². The highest BCUT2D eigenvalue weighted by atomic mass is 19.3. The number of halogens is 2. The highest BCUT2D eigenvalue weighted by molar-refractivity contribution is 5.30. The molecule has 2 aliphatic carbocycles. The van der Waals surface area contributed by atoms with Gasteiger partial charge in [0, 0.05) is 0 Å². The van der Waals surface area contributed by atoms with E-state index in [1.54, 1.807) is 12.1 Å². The van der Waals surface area contributed by atoms with Crippen molar-refractivity contribution in [1.29, 1.82) is 0 Å². The molecule has 0 bridgehead atoms. The van der Waals surface area contributed by atoms with E-state index in [1.807, 2.05) is 12.1 Å². The highest BCUT2D eigenvalue weighted by Gasteiger charge is 2.35. The first-order valence-electron chi connectivity index (χ1n) is 9.20. The first-order chi connectivity index (χ1) is 11.2. The lowest BCUT2D eigenvalue weighted by molar-refractivity contribution is -0.0498. The molecule has 0 spiro atoms. The number of fused-ring (bicyclic) bond motifs is 1. The van der Waals surface area contributed by atoms with Crippen LogP contribution in [0, 0.1) is 17.8 Å². The molecule has 4 unspecified atom stereocenters. The van der Waals surface area contributed by atoms with Crippen LogP contribution in [-0.2, 0) is 0 Å². The van der Waals surface area contributed by atoms with Gasteiger partial charge in [0.25, 0.3) is 0 Å². The molecule has 0 amide bonds. The Morgan fingerprint density at radius 3 is 2.39 bits per heavy atom. The molecule has 1 nitrogen and oxygen atoms in total. The van der Waals surface area contributed by atoms with Crippen LogP contribution in [-0.4, -0.2) is 6.61 Å². The topological polar surface area (TPSA) is 9.23 Å². The fourth-order valence-corrected chi connectivity index (χ4v) is 4.88. The quantitative estimate of drug-likeness (QED) is 0.610. The average molecular weight is 322 g/mol. The molecule has 0 N–H and O–H groups in total. The Labute approximate surface area is 138 Å². The van der Waals surface area contributed by atoms with Crippen LogP contribution in [0.2, 0.25) is 0 Å². The molecule has 0 heterocycles. The van der Waals surface area contributed by atoms with Gasteiger partial charge in [-0.15, -0.1) is 0 Å². The van der Waals surface area contributed by atoms with Crippen LogP contribution in [0.25, 0.3) is 0 Å². The van der Waals surface area contributed by atoms with Gasteiger partial charge in [0.2, 0.25) is 0 Å². The lowest BCUT2D eigenvalue weighted by Gasteiger charge is -2.42. The number of alkyl halides is 2. The van der Waals surface area contributed by atoms with E-state index in [-0.39, 0.29) is 5.75 Å². The van der Waals surface area contributed by atoms with Crippen LogP contribution < -0.4 is 4.74 Å². The summed E-state index contributed by atoms with van der Waals surface area (Å²) in [7, 11) is 0. The molecule has 0 saturated heterocycles. The first kappa shape index (κ1) is 16.7. The van der Waals surface area contributed by atoms with Crippen molar-refractivity contribution < 1.29 is 13.5 Å². The second kappa shape index (κ2) is 7.63. The van der Waals surface area contributed by atoms with Gasteiger partial charge in [-0.3, -0.25) is 0 Å². The van der Waals surface area contributed by atoms with E-state index in [1.165, 1.54) is 56.9 Å². The summed E-state index contributed by atoms with van der Waals surface area (Å²) >= 11 is 0. The standard InChI is InChI=1S/C20H28F2O/c1-2-3-14-4-5-18-13-17(7-6-16(18)12-14)15-8-10-19(11-9-15)23-20(21)22/h8-11,14,16-18,20H,2-7,12-13H2,1H3. The van der Waals surface area contributed by atoms with E-state index >= 15 is 0 Å². The molecule has 1 aromatic carbocycles. The van der Waals surface area contributed by atoms with Gasteiger partial charge in [0.05, 0.1) is 0 Å². The Morgan fingerprint density at radius 2 is 1.70 bits per heavy atom. The molecular weight excluding hydrogens is 294 g/mol. The lowest BCUT2D eigenvalue weighted by Crippen LogP contribution is -2.30. The van der Waals surface area contributed by atoms with E-state index < -0.39 is 6.61 Å². The SMILES string of the molecule is CCCC1CCC2CC(c3ccc(OC(F)F)cc3)CCC2C1. The van der Waals surface area contributed by atoms with Crippen molar-refractivity contribution in [3.8, 4) is 5.75 Å². The Kier molecular flexibility index (Phi) is 5.55. The summed E-state index contributed by atoms with van der Waals surface area (Å²) in [5, 5.41) is 0. The van der Waals surface area contributed by atoms with Crippen LogP contribution in [0.1, 0.15) is 69.8 Å². The van der Waals surface area contributed by atoms with Gasteiger partial charge < -0.3 is 4.74 Å². The van der Waals surface area contributed by atoms with Gasteiger partial charge in [-0.2, -0.15) is 8.78 Å². The lowest BCUT2D eigenvalue weighted by atomic mass is 9.63. The number of benzene rings is 1. The van der Waals surface area contributed by atoms with Crippen molar-refractivity contribution in [1.82, 2.24) is 0 Å². The third-order valence-electron chi connectivity index (χ3n) is 6.00. The number of ether oxygens (including phenoxy) is 1. The predicted molar refractivity (Wildman–Crippen MR) is 88.9 cm³/mol. The minimum Gasteiger partial charge on any atom is -0.435 e. The van der Waals surface area contributed by atoms with Gasteiger partial charge in [0.15, 0.2) is 0 Å². The minimum absolute atomic E-state index is 0.262. The van der Waals surface area contributed by atoms with Gasteiger partial charge in [0.1, 0.15) is 5.75 Å². The van der Waals surface area contributed by atoms with Crippen molar-refractivity contribution in [2.24, 2.45) is 17.8 Å². The summed E-state index contributed by atoms with van der Waals surface area (Å²) < 4.78 is 28.9. The molecule has 0 aromatic heterocycles. The summed E-state index contributed by atoms with van der Waals surface area (Å²) in [5.74, 6) is 3.62. The summed E-state index contributed by atoms with van der Waals surface area (Å²) in [6.45, 7) is -0.445. The van der Waals surface area contributed by atoms with Crippen molar-refractivity contribution >= 4 is 0 Å². The van der Waals surface area contributed by atoms with Crippen LogP contribution in [0.5, 0.6) is 5.75 Å². The molecule has 1 aromatic rings. The highest BCUT2D eigenvalue weighted by Crippen LogP contribution is 2.48. The van der Waals surface area contributed by atoms with Crippen LogP contribution in [0.15, 0.2) is 24.3 Å². The van der Waals surface area contributed by atoms with Crippen molar-refractivity contribution in [3.63, 3.8) is 0 Å². The summed E-state index contributed by atoms with van der Waals surface area (Å²) in [4.78, 5) is 0. The first-order valence-corrected chi connectivity index (χ1v) is 9.20. The van der Waals surface area contributed by atoms with Crippen molar-refractivity contribution in [2.45, 2.75) is 70.8 Å². The van der Waals surface area contributed by atoms with Crippen LogP contribution >= 0.6 is 0 Å². The summed E-state index contributed by atoms with van der Waals surface area (Å²) in [6.07, 6.45) is 10.8. The largest absolute Gasteiger partial charge is 0.435 e. The van der Waals surface area contributed by atoms with E-state index in [4.69, 9.17) is 0 Å². The predicted octanol–water partition coefficient (Wildman–Crippen LogP) is 6.39. The third kappa shape index (κ3) is 4.24. The van der Waals surface area contributed by atoms with E-state index in [0.717, 1.165) is 17.8 Å². The van der Waals surface area contributed by atoms with E-state index in [0.29, 0.717) is 5.92 Å². The molecule has 23 heavy (non-hydrogen) atoms. The fraction of sp³-hybridized carbons (Fsp3) is 0.700. The Morgan fingerprint density at radius 1 is 1.00 bits per heavy atom. The van der Waals surface area contributed by atoms with E-state index in [2.05, 4.69) is 11.7 Å². The molecule has 2 aliphatic rings. The van der Waals surface area contributed by atoms with Crippen molar-refractivity contribution in [2.75, 3.05) is 0 Å². The molecule has 128 valence electrons. The monoisotopic (exact) mass is 322 g/mol. The molecule has 2 saturated carbocycles. The Hall–Kier alpha value is -1.12. The second-order valence-electron chi connectivity index (χ2n) is 7.45. The molecule has 2 fully saturated rings. The average Bonchev–Trinajstić information content (AvgIpc) is 2.55. The third-order valence-corrected chi connectivity index (χ3v) is 6.00. The zero-order valence-corrected chi connectivity index (χ0v) is 14.0. The molecule has 0 aliphatic heterocycles. The minimum atomic E-state index is -2.74.